The lowest BCUT2D eigenvalue weighted by atomic mass is 10.2. The third-order valence-electron chi connectivity index (χ3n) is 2.62. The summed E-state index contributed by atoms with van der Waals surface area (Å²) < 4.78 is 5.02. The second kappa shape index (κ2) is 6.64. The molecular weight excluding hydrogens is 308 g/mol. The number of pyridine rings is 1. The maximum atomic E-state index is 12.0. The van der Waals surface area contributed by atoms with Crippen LogP contribution in [0.15, 0.2) is 17.1 Å². The highest BCUT2D eigenvalue weighted by Gasteiger charge is 2.20. The van der Waals surface area contributed by atoms with Gasteiger partial charge in [0, 0.05) is 23.9 Å². The average Bonchev–Trinajstić information content (AvgIpc) is 2.83. The second-order valence-electron chi connectivity index (χ2n) is 4.02. The third-order valence-corrected chi connectivity index (χ3v) is 3.81. The van der Waals surface area contributed by atoms with Crippen LogP contribution in [0.2, 0.25) is 0 Å². The van der Waals surface area contributed by atoms with Gasteiger partial charge in [0.1, 0.15) is 15.4 Å². The molecular formula is C14H12N2O3S2. The van der Waals surface area contributed by atoms with E-state index < -0.39 is 5.97 Å². The Balaban J connectivity index is 2.65. The Bertz CT molecular complexity index is 750. The van der Waals surface area contributed by atoms with Gasteiger partial charge in [-0.25, -0.2) is 9.78 Å². The summed E-state index contributed by atoms with van der Waals surface area (Å²) in [4.78, 5) is 32.8. The van der Waals surface area contributed by atoms with Crippen LogP contribution >= 0.6 is 23.6 Å². The van der Waals surface area contributed by atoms with Crippen LogP contribution in [0.3, 0.4) is 0 Å². The standard InChI is InChI=1S/C14H12N2O3S2/c1-3-19-14(18)12-11(15-6-7-20)9-4-5-10(8(2)17)16-13(9)21-12/h4-7H,3H2,1-2H3. The normalized spacial score (nSPS) is 11.0. The number of thiophene rings is 1. The van der Waals surface area contributed by atoms with E-state index in [1.54, 1.807) is 19.1 Å². The topological polar surface area (TPSA) is 68.6 Å². The zero-order valence-electron chi connectivity index (χ0n) is 11.5. The molecule has 0 bridgehead atoms. The predicted molar refractivity (Wildman–Crippen MR) is 87.4 cm³/mol. The minimum absolute atomic E-state index is 0.132. The molecule has 21 heavy (non-hydrogen) atoms. The van der Waals surface area contributed by atoms with Crippen LogP contribution in [0, 0.1) is 0 Å². The highest BCUT2D eigenvalue weighted by molar-refractivity contribution is 7.80. The predicted octanol–water partition coefficient (Wildman–Crippen LogP) is 3.38. The minimum Gasteiger partial charge on any atom is -0.462 e. The summed E-state index contributed by atoms with van der Waals surface area (Å²) in [6.45, 7) is 3.45. The molecule has 0 atom stereocenters. The zero-order valence-corrected chi connectivity index (χ0v) is 13.1. The fourth-order valence-corrected chi connectivity index (χ4v) is 2.80. The number of ketones is 1. The van der Waals surface area contributed by atoms with Crippen molar-refractivity contribution in [2.24, 2.45) is 4.99 Å². The molecule has 5 nitrogen and oxygen atoms in total. The first-order chi connectivity index (χ1) is 10.1. The molecule has 0 aliphatic carbocycles. The molecule has 0 fully saturated rings. The summed E-state index contributed by atoms with van der Waals surface area (Å²) in [6, 6.07) is 3.34. The van der Waals surface area contributed by atoms with Gasteiger partial charge >= 0.3 is 5.97 Å². The molecule has 2 rings (SSSR count). The average molecular weight is 320 g/mol. The van der Waals surface area contributed by atoms with E-state index in [1.807, 2.05) is 0 Å². The van der Waals surface area contributed by atoms with Crippen LogP contribution in [-0.2, 0) is 4.74 Å². The lowest BCUT2D eigenvalue weighted by Crippen LogP contribution is -2.02. The maximum absolute atomic E-state index is 12.0. The molecule has 0 amide bonds. The molecule has 0 aliphatic heterocycles. The van der Waals surface area contributed by atoms with Crippen molar-refractivity contribution in [3.05, 3.63) is 22.7 Å². The van der Waals surface area contributed by atoms with Crippen molar-refractivity contribution in [1.29, 1.82) is 0 Å². The molecule has 108 valence electrons. The van der Waals surface area contributed by atoms with Gasteiger partial charge in [-0.2, -0.15) is 0 Å². The summed E-state index contributed by atoms with van der Waals surface area (Å²) in [6.07, 6.45) is 1.43. The fraction of sp³-hybridized carbons (Fsp3) is 0.214. The molecule has 0 aromatic carbocycles. The van der Waals surface area contributed by atoms with Crippen LogP contribution in [0.5, 0.6) is 0 Å². The molecule has 2 aromatic heterocycles. The number of Topliss-reactive ketones (excluding diaryl/α,β-unsaturated/α-hetero) is 1. The number of carbonyl (C=O) groups is 2. The van der Waals surface area contributed by atoms with E-state index in [9.17, 15) is 9.59 Å². The monoisotopic (exact) mass is 320 g/mol. The van der Waals surface area contributed by atoms with Crippen LogP contribution < -0.4 is 0 Å². The van der Waals surface area contributed by atoms with Gasteiger partial charge in [0.05, 0.1) is 12.3 Å². The van der Waals surface area contributed by atoms with Gasteiger partial charge in [-0.1, -0.05) is 12.2 Å². The van der Waals surface area contributed by atoms with E-state index in [0.717, 1.165) is 11.3 Å². The van der Waals surface area contributed by atoms with Crippen molar-refractivity contribution < 1.29 is 14.3 Å². The number of rotatable bonds is 5. The van der Waals surface area contributed by atoms with E-state index >= 15 is 0 Å². The number of thiocarbonyl (C=S) groups is 1. The number of hydrogen-bond acceptors (Lipinski definition) is 7. The summed E-state index contributed by atoms with van der Waals surface area (Å²) in [5, 5.41) is 2.05. The number of esters is 1. The van der Waals surface area contributed by atoms with Crippen molar-refractivity contribution in [2.45, 2.75) is 13.8 Å². The Morgan fingerprint density at radius 2 is 2.24 bits per heavy atom. The number of carbonyl (C=O) groups excluding carboxylic acids is 2. The van der Waals surface area contributed by atoms with Gasteiger partial charge in [-0.05, 0) is 19.1 Å². The van der Waals surface area contributed by atoms with E-state index in [2.05, 4.69) is 9.98 Å². The Kier molecular flexibility index (Phi) is 4.87. The fourth-order valence-electron chi connectivity index (χ4n) is 1.73. The van der Waals surface area contributed by atoms with Crippen LogP contribution in [0.1, 0.15) is 34.0 Å². The Morgan fingerprint density at radius 3 is 2.86 bits per heavy atom. The molecule has 0 aliphatic rings. The minimum atomic E-state index is -0.457. The smallest absolute Gasteiger partial charge is 0.350 e. The van der Waals surface area contributed by atoms with Crippen molar-refractivity contribution in [2.75, 3.05) is 6.61 Å². The van der Waals surface area contributed by atoms with Crippen molar-refractivity contribution >= 4 is 62.8 Å². The van der Waals surface area contributed by atoms with Gasteiger partial charge in [0.2, 0.25) is 0 Å². The molecule has 0 saturated heterocycles. The van der Waals surface area contributed by atoms with E-state index in [0.29, 0.717) is 26.5 Å². The van der Waals surface area contributed by atoms with Crippen LogP contribution in [0.4, 0.5) is 5.69 Å². The quantitative estimate of drug-likeness (QED) is 0.365. The molecule has 7 heteroatoms. The molecule has 2 aromatic rings. The van der Waals surface area contributed by atoms with Crippen molar-refractivity contribution in [1.82, 2.24) is 4.98 Å². The first-order valence-corrected chi connectivity index (χ1v) is 7.46. The zero-order chi connectivity index (χ0) is 15.4. The number of fused-ring (bicyclic) bond motifs is 1. The highest BCUT2D eigenvalue weighted by Crippen LogP contribution is 2.37. The van der Waals surface area contributed by atoms with Gasteiger partial charge in [0.25, 0.3) is 0 Å². The second-order valence-corrected chi connectivity index (χ2v) is 5.29. The molecule has 2 heterocycles. The summed E-state index contributed by atoms with van der Waals surface area (Å²) in [7, 11) is 0. The van der Waals surface area contributed by atoms with Gasteiger partial charge in [-0.15, -0.1) is 11.3 Å². The molecule has 0 radical (unpaired) electrons. The number of aliphatic imine (C=N–C) groups is 1. The summed E-state index contributed by atoms with van der Waals surface area (Å²) in [5.74, 6) is -0.590. The number of nitrogens with zero attached hydrogens (tertiary/aromatic N) is 2. The number of ether oxygens (including phenoxy) is 1. The van der Waals surface area contributed by atoms with Crippen LogP contribution in [0.25, 0.3) is 10.2 Å². The van der Waals surface area contributed by atoms with Crippen molar-refractivity contribution in [3.63, 3.8) is 0 Å². The highest BCUT2D eigenvalue weighted by atomic mass is 32.1. The van der Waals surface area contributed by atoms with E-state index in [-0.39, 0.29) is 12.4 Å². The lowest BCUT2D eigenvalue weighted by molar-refractivity contribution is 0.0533. The molecule has 0 spiro atoms. The van der Waals surface area contributed by atoms with Gasteiger partial charge < -0.3 is 4.74 Å². The first-order valence-electron chi connectivity index (χ1n) is 6.18. The van der Waals surface area contributed by atoms with Crippen LogP contribution in [-0.4, -0.2) is 34.9 Å². The van der Waals surface area contributed by atoms with Gasteiger partial charge in [0.15, 0.2) is 5.78 Å². The largest absolute Gasteiger partial charge is 0.462 e. The van der Waals surface area contributed by atoms with E-state index in [1.165, 1.54) is 18.5 Å². The molecule has 0 unspecified atom stereocenters. The Hall–Kier alpha value is -1.99. The Labute approximate surface area is 130 Å². The molecule has 0 saturated carbocycles. The summed E-state index contributed by atoms with van der Waals surface area (Å²) >= 11 is 5.87. The number of hydrogen-bond donors (Lipinski definition) is 0. The van der Waals surface area contributed by atoms with Crippen molar-refractivity contribution in [3.8, 4) is 0 Å². The third kappa shape index (κ3) is 3.20. The maximum Gasteiger partial charge on any atom is 0.350 e. The first kappa shape index (κ1) is 15.4. The Morgan fingerprint density at radius 1 is 1.48 bits per heavy atom. The summed E-state index contributed by atoms with van der Waals surface area (Å²) in [5.41, 5.74) is 0.821. The van der Waals surface area contributed by atoms with Gasteiger partial charge in [-0.3, -0.25) is 9.79 Å². The van der Waals surface area contributed by atoms with E-state index in [4.69, 9.17) is 17.0 Å². The SMILES string of the molecule is CCOC(=O)c1sc2nc(C(C)=O)ccc2c1N=CC=S. The molecule has 0 N–H and O–H groups in total. The lowest BCUT2D eigenvalue weighted by Gasteiger charge is -1.99. The number of aromatic nitrogens is 1.